The first-order valence-corrected chi connectivity index (χ1v) is 12.0. The molecule has 11 heteroatoms. The molecule has 0 unspecified atom stereocenters. The Kier molecular flexibility index (Phi) is 8.75. The Bertz CT molecular complexity index is 1050. The zero-order valence-electron chi connectivity index (χ0n) is 20.6. The van der Waals surface area contributed by atoms with Gasteiger partial charge < -0.3 is 54.3 Å². The molecule has 8 atom stereocenters. The van der Waals surface area contributed by atoms with Crippen molar-refractivity contribution in [3.8, 4) is 23.0 Å². The topological polar surface area (TPSA) is 168 Å². The molecule has 37 heavy (non-hydrogen) atoms. The van der Waals surface area contributed by atoms with E-state index in [0.717, 1.165) is 11.1 Å². The molecule has 6 N–H and O–H groups in total. The van der Waals surface area contributed by atoms with Crippen LogP contribution in [0.15, 0.2) is 36.4 Å². The fourth-order valence-electron chi connectivity index (χ4n) is 4.93. The molecule has 2 aromatic carbocycles. The maximum absolute atomic E-state index is 10.4. The number of methoxy groups -OCH3 is 2. The SMILES string of the molecule is COc1cc(C[C@H]2CO[C@H](c3ccc(O)c(OC)c3)[C@H]2CO[C@@H]2O[C@H](CO)[C@@H](O)[C@H](O)[C@@H]2O)ccc1O. The summed E-state index contributed by atoms with van der Waals surface area (Å²) < 4.78 is 28.1. The lowest BCUT2D eigenvalue weighted by Crippen LogP contribution is -2.59. The van der Waals surface area contributed by atoms with Gasteiger partial charge in [0.05, 0.1) is 40.1 Å². The van der Waals surface area contributed by atoms with Crippen LogP contribution in [0.4, 0.5) is 0 Å². The molecule has 0 bridgehead atoms. The van der Waals surface area contributed by atoms with Crippen LogP contribution < -0.4 is 9.47 Å². The lowest BCUT2D eigenvalue weighted by molar-refractivity contribution is -0.304. The van der Waals surface area contributed by atoms with E-state index >= 15 is 0 Å². The average molecular weight is 523 g/mol. The lowest BCUT2D eigenvalue weighted by atomic mass is 9.84. The smallest absolute Gasteiger partial charge is 0.186 e. The zero-order valence-corrected chi connectivity index (χ0v) is 20.6. The van der Waals surface area contributed by atoms with E-state index in [-0.39, 0.29) is 29.9 Å². The summed E-state index contributed by atoms with van der Waals surface area (Å²) in [6.45, 7) is -0.130. The number of benzene rings is 2. The summed E-state index contributed by atoms with van der Waals surface area (Å²) in [5.74, 6) is 0.341. The van der Waals surface area contributed by atoms with Gasteiger partial charge in [0.1, 0.15) is 24.4 Å². The number of phenolic OH excluding ortho intramolecular Hbond substituents is 2. The Morgan fingerprint density at radius 1 is 0.892 bits per heavy atom. The van der Waals surface area contributed by atoms with Gasteiger partial charge in [-0.2, -0.15) is 0 Å². The molecule has 2 fully saturated rings. The standard InChI is InChI=1S/C26H34O11/c1-33-19-8-13(3-5-17(19)28)7-15-11-35-25(14-4-6-18(29)20(9-14)34-2)16(15)12-36-26-24(32)23(31)22(30)21(10-27)37-26/h3-6,8-9,15-16,21-32H,7,10-12H2,1-2H3/t15-,16-,21+,22+,23-,24-,25+,26+/m0/s1. The second-order valence-corrected chi connectivity index (χ2v) is 9.35. The maximum atomic E-state index is 10.4. The Morgan fingerprint density at radius 3 is 2.24 bits per heavy atom. The second-order valence-electron chi connectivity index (χ2n) is 9.35. The van der Waals surface area contributed by atoms with Crippen LogP contribution in [-0.4, -0.2) is 95.4 Å². The predicted octanol–water partition coefficient (Wildman–Crippen LogP) is 0.478. The zero-order chi connectivity index (χ0) is 26.7. The number of aliphatic hydroxyl groups excluding tert-OH is 4. The van der Waals surface area contributed by atoms with Crippen molar-refractivity contribution in [2.24, 2.45) is 11.8 Å². The van der Waals surface area contributed by atoms with E-state index in [9.17, 15) is 30.6 Å². The molecule has 0 saturated carbocycles. The van der Waals surface area contributed by atoms with Crippen LogP contribution in [0, 0.1) is 11.8 Å². The molecule has 0 amide bonds. The van der Waals surface area contributed by atoms with Crippen LogP contribution in [0.25, 0.3) is 0 Å². The van der Waals surface area contributed by atoms with Crippen LogP contribution in [0.5, 0.6) is 23.0 Å². The van der Waals surface area contributed by atoms with E-state index in [2.05, 4.69) is 0 Å². The average Bonchev–Trinajstić information content (AvgIpc) is 3.30. The third-order valence-electron chi connectivity index (χ3n) is 7.06. The van der Waals surface area contributed by atoms with Gasteiger partial charge in [0.2, 0.25) is 0 Å². The molecule has 2 saturated heterocycles. The van der Waals surface area contributed by atoms with Gasteiger partial charge in [0, 0.05) is 5.92 Å². The van der Waals surface area contributed by atoms with Crippen LogP contribution >= 0.6 is 0 Å². The summed E-state index contributed by atoms with van der Waals surface area (Å²) in [5.41, 5.74) is 1.66. The molecule has 2 aromatic rings. The van der Waals surface area contributed by atoms with Gasteiger partial charge >= 0.3 is 0 Å². The molecule has 0 radical (unpaired) electrons. The molecule has 2 heterocycles. The van der Waals surface area contributed by atoms with Crippen molar-refractivity contribution in [3.05, 3.63) is 47.5 Å². The Balaban J connectivity index is 1.57. The fraction of sp³-hybridized carbons (Fsp3) is 0.538. The molecule has 0 aliphatic carbocycles. The second kappa shape index (κ2) is 11.8. The van der Waals surface area contributed by atoms with Crippen LogP contribution in [0.1, 0.15) is 17.2 Å². The van der Waals surface area contributed by atoms with Gasteiger partial charge in [-0.05, 0) is 47.7 Å². The Labute approximate surface area is 214 Å². The third-order valence-corrected chi connectivity index (χ3v) is 7.06. The van der Waals surface area contributed by atoms with Gasteiger partial charge in [0.25, 0.3) is 0 Å². The number of rotatable bonds is 9. The summed E-state index contributed by atoms with van der Waals surface area (Å²) in [5, 5.41) is 60.0. The van der Waals surface area contributed by atoms with Crippen molar-refractivity contribution in [1.82, 2.24) is 0 Å². The first-order chi connectivity index (χ1) is 17.8. The van der Waals surface area contributed by atoms with E-state index in [1.807, 2.05) is 0 Å². The van der Waals surface area contributed by atoms with Crippen molar-refractivity contribution < 1.29 is 54.3 Å². The molecular weight excluding hydrogens is 488 g/mol. The first kappa shape index (κ1) is 27.4. The number of aromatic hydroxyl groups is 2. The molecule has 4 rings (SSSR count). The molecule has 0 aromatic heterocycles. The van der Waals surface area contributed by atoms with Gasteiger partial charge in [-0.25, -0.2) is 0 Å². The number of aliphatic hydroxyl groups is 4. The quantitative estimate of drug-likeness (QED) is 0.271. The number of ether oxygens (including phenoxy) is 5. The Morgan fingerprint density at radius 2 is 1.57 bits per heavy atom. The van der Waals surface area contributed by atoms with E-state index < -0.39 is 43.4 Å². The number of hydrogen-bond donors (Lipinski definition) is 6. The van der Waals surface area contributed by atoms with E-state index in [0.29, 0.717) is 24.5 Å². The van der Waals surface area contributed by atoms with Crippen molar-refractivity contribution in [2.75, 3.05) is 34.0 Å². The van der Waals surface area contributed by atoms with E-state index in [1.165, 1.54) is 20.3 Å². The van der Waals surface area contributed by atoms with Gasteiger partial charge in [-0.1, -0.05) is 12.1 Å². The lowest BCUT2D eigenvalue weighted by Gasteiger charge is -2.40. The summed E-state index contributed by atoms with van der Waals surface area (Å²) in [4.78, 5) is 0. The number of phenols is 2. The minimum absolute atomic E-state index is 0.00824. The molecule has 2 aliphatic rings. The molecular formula is C26H34O11. The highest BCUT2D eigenvalue weighted by atomic mass is 16.7. The fourth-order valence-corrected chi connectivity index (χ4v) is 4.93. The van der Waals surface area contributed by atoms with Crippen molar-refractivity contribution >= 4 is 0 Å². The van der Waals surface area contributed by atoms with Gasteiger partial charge in [-0.3, -0.25) is 0 Å². The largest absolute Gasteiger partial charge is 0.504 e. The van der Waals surface area contributed by atoms with Crippen LogP contribution in [-0.2, 0) is 20.6 Å². The van der Waals surface area contributed by atoms with E-state index in [1.54, 1.807) is 30.3 Å². The van der Waals surface area contributed by atoms with Gasteiger partial charge in [-0.15, -0.1) is 0 Å². The van der Waals surface area contributed by atoms with Crippen LogP contribution in [0.3, 0.4) is 0 Å². The Hall–Kier alpha value is -2.64. The third kappa shape index (κ3) is 5.78. The minimum Gasteiger partial charge on any atom is -0.504 e. The predicted molar refractivity (Wildman–Crippen MR) is 128 cm³/mol. The normalized spacial score (nSPS) is 31.8. The molecule has 0 spiro atoms. The molecule has 11 nitrogen and oxygen atoms in total. The summed E-state index contributed by atoms with van der Waals surface area (Å²) in [7, 11) is 2.93. The summed E-state index contributed by atoms with van der Waals surface area (Å²) in [6, 6.07) is 10.0. The number of hydrogen-bond acceptors (Lipinski definition) is 11. The first-order valence-electron chi connectivity index (χ1n) is 12.0. The molecule has 204 valence electrons. The van der Waals surface area contributed by atoms with Crippen LogP contribution in [0.2, 0.25) is 0 Å². The highest BCUT2D eigenvalue weighted by molar-refractivity contribution is 5.43. The monoisotopic (exact) mass is 522 g/mol. The van der Waals surface area contributed by atoms with E-state index in [4.69, 9.17) is 23.7 Å². The molecule has 2 aliphatic heterocycles. The highest BCUT2D eigenvalue weighted by Gasteiger charge is 2.45. The maximum Gasteiger partial charge on any atom is 0.186 e. The van der Waals surface area contributed by atoms with Crippen molar-refractivity contribution in [2.45, 2.75) is 43.2 Å². The van der Waals surface area contributed by atoms with Crippen molar-refractivity contribution in [1.29, 1.82) is 0 Å². The minimum atomic E-state index is -1.55. The summed E-state index contributed by atoms with van der Waals surface area (Å²) in [6.07, 6.45) is -6.81. The van der Waals surface area contributed by atoms with Crippen molar-refractivity contribution in [3.63, 3.8) is 0 Å². The summed E-state index contributed by atoms with van der Waals surface area (Å²) >= 11 is 0. The van der Waals surface area contributed by atoms with Gasteiger partial charge in [0.15, 0.2) is 29.3 Å². The highest BCUT2D eigenvalue weighted by Crippen LogP contribution is 2.43.